The highest BCUT2D eigenvalue weighted by Gasteiger charge is 2.79. The van der Waals surface area contributed by atoms with Crippen LogP contribution in [0, 0.1) is 16.7 Å². The van der Waals surface area contributed by atoms with Crippen molar-refractivity contribution in [3.05, 3.63) is 155 Å². The quantitative estimate of drug-likeness (QED) is 0.0667. The second-order valence-electron chi connectivity index (χ2n) is 20.1. The van der Waals surface area contributed by atoms with Crippen molar-refractivity contribution in [2.75, 3.05) is 6.61 Å². The van der Waals surface area contributed by atoms with E-state index in [1.54, 1.807) is 109 Å². The Kier molecular flexibility index (Phi) is 14.9. The number of Topliss-reactive ketones (excluding diaryl/α,β-unsaturated/α-hetero) is 1. The first kappa shape index (κ1) is 53.2. The molecule has 1 saturated heterocycles. The number of ketones is 1. The average Bonchev–Trinajstić information content (AvgIpc) is 3.38. The highest BCUT2D eigenvalue weighted by molar-refractivity contribution is 5.96. The number of rotatable bonds is 14. The molecule has 4 aromatic rings. The van der Waals surface area contributed by atoms with Crippen molar-refractivity contribution in [2.24, 2.45) is 22.5 Å². The van der Waals surface area contributed by atoms with Gasteiger partial charge in [0.25, 0.3) is 5.91 Å². The third kappa shape index (κ3) is 9.40. The fraction of sp³-hybridized carbons (Fsp3) is 0.411. The van der Waals surface area contributed by atoms with Crippen LogP contribution >= 0.6 is 0 Å². The molecule has 2 bridgehead atoms. The van der Waals surface area contributed by atoms with Gasteiger partial charge in [-0.3, -0.25) is 19.2 Å². The number of esters is 5. The van der Waals surface area contributed by atoms with Gasteiger partial charge in [-0.05, 0) is 60.4 Å². The molecule has 13 atom stereocenters. The molecule has 0 spiro atoms. The van der Waals surface area contributed by atoms with Crippen molar-refractivity contribution in [3.63, 3.8) is 0 Å². The van der Waals surface area contributed by atoms with Crippen LogP contribution in [0.25, 0.3) is 0 Å². The molecule has 390 valence electrons. The van der Waals surface area contributed by atoms with Crippen molar-refractivity contribution >= 4 is 41.5 Å². The van der Waals surface area contributed by atoms with Crippen LogP contribution in [-0.2, 0) is 52.4 Å². The van der Waals surface area contributed by atoms with Gasteiger partial charge in [0.2, 0.25) is 0 Å². The molecule has 18 heteroatoms. The van der Waals surface area contributed by atoms with Crippen LogP contribution in [0.4, 0.5) is 0 Å². The van der Waals surface area contributed by atoms with Crippen LogP contribution in [0.5, 0.6) is 0 Å². The smallest absolute Gasteiger partial charge is 0.338 e. The van der Waals surface area contributed by atoms with E-state index in [2.05, 4.69) is 5.32 Å². The lowest BCUT2D eigenvalue weighted by Gasteiger charge is -2.67. The first-order chi connectivity index (χ1) is 35.1. The Bertz CT molecular complexity index is 2830. The van der Waals surface area contributed by atoms with Gasteiger partial charge < -0.3 is 54.8 Å². The van der Waals surface area contributed by atoms with Gasteiger partial charge in [-0.25, -0.2) is 14.4 Å². The Morgan fingerprint density at radius 2 is 1.26 bits per heavy atom. The van der Waals surface area contributed by atoms with E-state index in [0.29, 0.717) is 11.1 Å². The molecular weight excluding hydrogens is 957 g/mol. The molecule has 3 fully saturated rings. The van der Waals surface area contributed by atoms with Gasteiger partial charge in [-0.2, -0.15) is 0 Å². The third-order valence-electron chi connectivity index (χ3n) is 15.5. The number of aliphatic hydroxyl groups excluding tert-OH is 2. The number of nitrogens with one attached hydrogen (secondary N) is 1. The van der Waals surface area contributed by atoms with Crippen LogP contribution < -0.4 is 11.1 Å². The van der Waals surface area contributed by atoms with Crippen LogP contribution in [0.15, 0.2) is 132 Å². The molecule has 3 aliphatic carbocycles. The molecule has 0 aromatic heterocycles. The number of hydrogen-bond acceptors (Lipinski definition) is 17. The van der Waals surface area contributed by atoms with Crippen molar-refractivity contribution in [2.45, 2.75) is 120 Å². The summed E-state index contributed by atoms with van der Waals surface area (Å²) in [5.41, 5.74) is -1.25. The Morgan fingerprint density at radius 3 is 1.80 bits per heavy atom. The number of fused-ring (bicyclic) bond motifs is 5. The first-order valence-corrected chi connectivity index (χ1v) is 24.3. The molecule has 2 saturated carbocycles. The van der Waals surface area contributed by atoms with Gasteiger partial charge in [-0.15, -0.1) is 0 Å². The summed E-state index contributed by atoms with van der Waals surface area (Å²) in [6.07, 6.45) is -13.5. The highest BCUT2D eigenvalue weighted by atomic mass is 16.6. The largest absolute Gasteiger partial charge is 0.459 e. The van der Waals surface area contributed by atoms with E-state index in [1.165, 1.54) is 39.8 Å². The standard InChI is InChI=1S/C56H60N2O16/c1-30-37(71-52(67)44(62)42(34-21-13-8-14-22-34)58-49(64)35-23-15-9-16-24-35)28-56(68)48(73-50(65)36-25-17-10-18-26-36)46-54(6,47(63)45(70-31(2)59)40(30)53(56,4)5)38(27-39-55(46,29-69-39)74-32(3)60)72-51(66)43(61)41(57)33-19-11-7-12-20-33/h7-26,37-39,41-46,48,61-62,68H,27-29,57H2,1-6H3,(H,58,64)/t37-,38-,39+,41?,42-,43?,44+,45+,46?,48?,54+,55-,56+/m0/s1. The van der Waals surface area contributed by atoms with Crippen molar-refractivity contribution < 1.29 is 77.3 Å². The normalized spacial score (nSPS) is 29.4. The summed E-state index contributed by atoms with van der Waals surface area (Å²) >= 11 is 0. The van der Waals surface area contributed by atoms with Crippen molar-refractivity contribution in [1.29, 1.82) is 0 Å². The van der Waals surface area contributed by atoms with Gasteiger partial charge in [0, 0.05) is 37.7 Å². The lowest BCUT2D eigenvalue weighted by molar-refractivity contribution is -0.346. The minimum absolute atomic E-state index is 0.0000937. The number of ether oxygens (including phenoxy) is 6. The molecule has 18 nitrogen and oxygen atoms in total. The summed E-state index contributed by atoms with van der Waals surface area (Å²) in [7, 11) is 0. The monoisotopic (exact) mass is 1020 g/mol. The van der Waals surface area contributed by atoms with E-state index >= 15 is 4.79 Å². The molecule has 0 radical (unpaired) electrons. The van der Waals surface area contributed by atoms with Crippen molar-refractivity contribution in [1.82, 2.24) is 5.32 Å². The Labute approximate surface area is 427 Å². The second-order valence-corrected chi connectivity index (χ2v) is 20.1. The molecular formula is C56H60N2O16. The molecule has 8 rings (SSSR count). The van der Waals surface area contributed by atoms with E-state index in [0.717, 1.165) is 13.8 Å². The van der Waals surface area contributed by atoms with Crippen LogP contribution in [0.2, 0.25) is 0 Å². The number of carbonyl (C=O) groups excluding carboxylic acids is 7. The van der Waals surface area contributed by atoms with E-state index in [9.17, 15) is 44.1 Å². The van der Waals surface area contributed by atoms with Gasteiger partial charge in [-0.1, -0.05) is 111 Å². The van der Waals surface area contributed by atoms with Crippen LogP contribution in [0.3, 0.4) is 0 Å². The maximum absolute atomic E-state index is 16.3. The van der Waals surface area contributed by atoms with Gasteiger partial charge in [0.15, 0.2) is 29.7 Å². The Balaban J connectivity index is 1.30. The number of carbonyl (C=O) groups is 7. The van der Waals surface area contributed by atoms with E-state index in [1.807, 2.05) is 0 Å². The molecule has 4 unspecified atom stereocenters. The topological polar surface area (TPSA) is 274 Å². The highest BCUT2D eigenvalue weighted by Crippen LogP contribution is 2.65. The van der Waals surface area contributed by atoms with Crippen molar-refractivity contribution in [3.8, 4) is 0 Å². The SMILES string of the molecule is CC(=O)O[C@H]1C(=O)[C@@]2(C)C(C(OC(=O)c3ccccc3)[C@]3(O)C[C@H](OC(=O)[C@H](O)[C@@H](NC(=O)c4ccccc4)c4ccccc4)C(C)=C1C3(C)C)[C@]1(OC(C)=O)CO[C@@H]1C[C@@H]2OC(=O)C(O)C(N)c1ccccc1. The van der Waals surface area contributed by atoms with E-state index in [4.69, 9.17) is 34.2 Å². The second kappa shape index (κ2) is 20.7. The number of hydrogen-bond donors (Lipinski definition) is 5. The minimum atomic E-state index is -2.54. The predicted molar refractivity (Wildman–Crippen MR) is 261 cm³/mol. The zero-order chi connectivity index (χ0) is 53.5. The molecule has 1 heterocycles. The number of benzene rings is 4. The molecule has 6 N–H and O–H groups in total. The summed E-state index contributed by atoms with van der Waals surface area (Å²) in [5, 5.41) is 40.2. The predicted octanol–water partition coefficient (Wildman–Crippen LogP) is 4.35. The first-order valence-electron chi connectivity index (χ1n) is 24.3. The lowest BCUT2D eigenvalue weighted by Crippen LogP contribution is -2.82. The van der Waals surface area contributed by atoms with E-state index in [-0.39, 0.29) is 28.7 Å². The molecule has 1 aliphatic heterocycles. The number of aliphatic hydroxyl groups is 3. The summed E-state index contributed by atoms with van der Waals surface area (Å²) < 4.78 is 37.2. The van der Waals surface area contributed by atoms with Crippen LogP contribution in [0.1, 0.15) is 98.3 Å². The van der Waals surface area contributed by atoms with E-state index < -0.39 is 137 Å². The maximum Gasteiger partial charge on any atom is 0.338 e. The third-order valence-corrected chi connectivity index (χ3v) is 15.5. The minimum Gasteiger partial charge on any atom is -0.459 e. The summed E-state index contributed by atoms with van der Waals surface area (Å²) in [4.78, 5) is 100. The molecule has 1 amide bonds. The zero-order valence-corrected chi connectivity index (χ0v) is 41.7. The van der Waals surface area contributed by atoms with Gasteiger partial charge in [0.05, 0.1) is 35.6 Å². The van der Waals surface area contributed by atoms with Crippen LogP contribution in [-0.4, -0.2) is 117 Å². The summed E-state index contributed by atoms with van der Waals surface area (Å²) in [5.74, 6) is -8.74. The molecule has 74 heavy (non-hydrogen) atoms. The molecule has 4 aromatic carbocycles. The van der Waals surface area contributed by atoms with Gasteiger partial charge in [0.1, 0.15) is 30.0 Å². The fourth-order valence-corrected chi connectivity index (χ4v) is 11.5. The maximum atomic E-state index is 16.3. The number of nitrogens with two attached hydrogens (primary N) is 1. The lowest BCUT2D eigenvalue weighted by atomic mass is 9.44. The Hall–Kier alpha value is -7.09. The Morgan fingerprint density at radius 1 is 0.716 bits per heavy atom. The summed E-state index contributed by atoms with van der Waals surface area (Å²) in [6, 6.07) is 29.5. The average molecular weight is 1020 g/mol. The zero-order valence-electron chi connectivity index (χ0n) is 41.7. The fourth-order valence-electron chi connectivity index (χ4n) is 11.5. The summed E-state index contributed by atoms with van der Waals surface area (Å²) in [6.45, 7) is 7.62. The number of amides is 1. The molecule has 4 aliphatic rings. The van der Waals surface area contributed by atoms with Gasteiger partial charge >= 0.3 is 29.8 Å².